The second-order valence-electron chi connectivity index (χ2n) is 6.83. The molecule has 3 nitrogen and oxygen atoms in total. The Labute approximate surface area is 128 Å². The number of benzene rings is 1. The van der Waals surface area contributed by atoms with Crippen LogP contribution in [0.1, 0.15) is 53.0 Å². The zero-order chi connectivity index (χ0) is 16.3. The minimum absolute atomic E-state index is 0.00236. The normalized spacial score (nSPS) is 13.1. The third kappa shape index (κ3) is 5.08. The molecule has 0 aliphatic rings. The van der Waals surface area contributed by atoms with Crippen LogP contribution in [0, 0.1) is 5.92 Å². The Morgan fingerprint density at radius 3 is 2.10 bits per heavy atom. The predicted molar refractivity (Wildman–Crippen MR) is 84.2 cm³/mol. The molecule has 0 amide bonds. The Morgan fingerprint density at radius 2 is 1.67 bits per heavy atom. The lowest BCUT2D eigenvalue weighted by atomic mass is 9.87. The van der Waals surface area contributed by atoms with E-state index in [2.05, 4.69) is 0 Å². The van der Waals surface area contributed by atoms with Crippen molar-refractivity contribution in [2.24, 2.45) is 5.92 Å². The number of rotatable bonds is 6. The molecular formula is C16H26FNO2S. The molecule has 1 aromatic rings. The molecule has 0 aliphatic carbocycles. The second-order valence-corrected chi connectivity index (χ2v) is 8.64. The van der Waals surface area contributed by atoms with Crippen molar-refractivity contribution >= 4 is 10.0 Å². The van der Waals surface area contributed by atoms with Crippen LogP contribution in [0.4, 0.5) is 4.48 Å². The van der Waals surface area contributed by atoms with Gasteiger partial charge in [0, 0.05) is 6.54 Å². The highest BCUT2D eigenvalue weighted by atomic mass is 32.2. The summed E-state index contributed by atoms with van der Waals surface area (Å²) >= 11 is 0. The summed E-state index contributed by atoms with van der Waals surface area (Å²) in [7, 11) is -4.03. The average molecular weight is 315 g/mol. The lowest BCUT2D eigenvalue weighted by Crippen LogP contribution is -2.24. The smallest absolute Gasteiger partial charge is 0.205 e. The molecule has 0 fully saturated rings. The molecule has 0 bridgehead atoms. The minimum atomic E-state index is -4.03. The van der Waals surface area contributed by atoms with Gasteiger partial charge in [0.15, 0.2) is 0 Å². The van der Waals surface area contributed by atoms with Crippen LogP contribution in [0.2, 0.25) is 0 Å². The van der Waals surface area contributed by atoms with Gasteiger partial charge in [0.05, 0.1) is 4.90 Å². The highest BCUT2D eigenvalue weighted by Crippen LogP contribution is 2.25. The Morgan fingerprint density at radius 1 is 1.14 bits per heavy atom. The fourth-order valence-electron chi connectivity index (χ4n) is 1.99. The largest absolute Gasteiger partial charge is 0.269 e. The summed E-state index contributed by atoms with van der Waals surface area (Å²) in [5.74, 6) is 0.437. The molecule has 5 heteroatoms. The van der Waals surface area contributed by atoms with Crippen LogP contribution < -0.4 is 0 Å². The van der Waals surface area contributed by atoms with E-state index in [9.17, 15) is 12.9 Å². The molecule has 21 heavy (non-hydrogen) atoms. The van der Waals surface area contributed by atoms with Crippen LogP contribution in [0.5, 0.6) is 0 Å². The molecule has 0 unspecified atom stereocenters. The standard InChI is InChI=1S/C16H26FNO2S/c1-13(2)7-6-12-18(17)21(19,20)15-10-8-14(9-11-15)16(3,4)5/h8-11,13H,6-7,12H2,1-5H3. The number of sulfonamides is 1. The van der Waals surface area contributed by atoms with Gasteiger partial charge in [-0.15, -0.1) is 4.48 Å². The van der Waals surface area contributed by atoms with Gasteiger partial charge in [0.1, 0.15) is 0 Å². The number of halogens is 1. The van der Waals surface area contributed by atoms with Crippen molar-refractivity contribution in [3.05, 3.63) is 29.8 Å². The molecule has 0 spiro atoms. The van der Waals surface area contributed by atoms with Crippen molar-refractivity contribution in [1.82, 2.24) is 4.53 Å². The summed E-state index contributed by atoms with van der Waals surface area (Å²) in [5.41, 5.74) is 0.960. The molecule has 0 aliphatic heterocycles. The molecule has 120 valence electrons. The van der Waals surface area contributed by atoms with E-state index in [0.717, 1.165) is 12.0 Å². The van der Waals surface area contributed by atoms with Crippen molar-refractivity contribution in [3.8, 4) is 0 Å². The first-order valence-corrected chi connectivity index (χ1v) is 8.78. The van der Waals surface area contributed by atoms with Crippen LogP contribution >= 0.6 is 0 Å². The van der Waals surface area contributed by atoms with Gasteiger partial charge in [-0.3, -0.25) is 0 Å². The van der Waals surface area contributed by atoms with Crippen LogP contribution in [0.25, 0.3) is 0 Å². The van der Waals surface area contributed by atoms with Gasteiger partial charge in [-0.25, -0.2) is 8.42 Å². The maximum atomic E-state index is 13.9. The first kappa shape index (κ1) is 18.1. The minimum Gasteiger partial charge on any atom is -0.205 e. The quantitative estimate of drug-likeness (QED) is 0.734. The fraction of sp³-hybridized carbons (Fsp3) is 0.625. The maximum absolute atomic E-state index is 13.9. The van der Waals surface area contributed by atoms with E-state index >= 15 is 0 Å². The van der Waals surface area contributed by atoms with E-state index < -0.39 is 10.0 Å². The summed E-state index contributed by atoms with van der Waals surface area (Å²) in [6.07, 6.45) is 1.33. The number of hydrogen-bond donors (Lipinski definition) is 0. The summed E-state index contributed by atoms with van der Waals surface area (Å²) in [6.45, 7) is 10.1. The number of nitrogens with zero attached hydrogens (tertiary/aromatic N) is 1. The van der Waals surface area contributed by atoms with Crippen molar-refractivity contribution in [2.75, 3.05) is 6.54 Å². The summed E-state index contributed by atoms with van der Waals surface area (Å²) in [5, 5.41) is 0. The van der Waals surface area contributed by atoms with E-state index in [-0.39, 0.29) is 21.4 Å². The SMILES string of the molecule is CC(C)CCCN(F)S(=O)(=O)c1ccc(C(C)(C)C)cc1. The fourth-order valence-corrected chi connectivity index (χ4v) is 3.06. The van der Waals surface area contributed by atoms with Gasteiger partial charge in [0.25, 0.3) is 10.0 Å². The Kier molecular flexibility index (Phi) is 5.93. The van der Waals surface area contributed by atoms with Gasteiger partial charge in [-0.2, -0.15) is 0 Å². The second kappa shape index (κ2) is 6.88. The molecule has 0 N–H and O–H groups in total. The van der Waals surface area contributed by atoms with E-state index in [1.807, 2.05) is 34.6 Å². The molecule has 0 aromatic heterocycles. The first-order chi connectivity index (χ1) is 9.55. The zero-order valence-electron chi connectivity index (χ0n) is 13.6. The third-order valence-corrected chi connectivity index (χ3v) is 4.97. The molecule has 0 atom stereocenters. The van der Waals surface area contributed by atoms with E-state index in [4.69, 9.17) is 0 Å². The van der Waals surface area contributed by atoms with Gasteiger partial charge < -0.3 is 0 Å². The topological polar surface area (TPSA) is 37.4 Å². The van der Waals surface area contributed by atoms with Gasteiger partial charge in [-0.05, 0) is 46.4 Å². The molecule has 0 radical (unpaired) electrons. The molecular weight excluding hydrogens is 289 g/mol. The average Bonchev–Trinajstić information content (AvgIpc) is 2.37. The van der Waals surface area contributed by atoms with Gasteiger partial charge >= 0.3 is 0 Å². The third-order valence-electron chi connectivity index (χ3n) is 3.39. The molecule has 0 heterocycles. The molecule has 0 saturated heterocycles. The highest BCUT2D eigenvalue weighted by Gasteiger charge is 2.25. The Hall–Kier alpha value is -0.940. The Bertz CT molecular complexity index is 545. The zero-order valence-corrected chi connectivity index (χ0v) is 14.4. The molecule has 1 rings (SSSR count). The monoisotopic (exact) mass is 315 g/mol. The summed E-state index contributed by atoms with van der Waals surface area (Å²) < 4.78 is 38.1. The molecule has 0 saturated carbocycles. The predicted octanol–water partition coefficient (Wildman–Crippen LogP) is 4.30. The van der Waals surface area contributed by atoms with Crippen LogP contribution in [-0.2, 0) is 15.4 Å². The van der Waals surface area contributed by atoms with Gasteiger partial charge in [0.2, 0.25) is 0 Å². The molecule has 1 aromatic carbocycles. The van der Waals surface area contributed by atoms with E-state index in [1.54, 1.807) is 12.1 Å². The van der Waals surface area contributed by atoms with Crippen molar-refractivity contribution < 1.29 is 12.9 Å². The Balaban J connectivity index is 2.83. The van der Waals surface area contributed by atoms with E-state index in [1.165, 1.54) is 12.1 Å². The van der Waals surface area contributed by atoms with Crippen LogP contribution in [0.15, 0.2) is 29.2 Å². The van der Waals surface area contributed by atoms with Crippen LogP contribution in [0.3, 0.4) is 0 Å². The highest BCUT2D eigenvalue weighted by molar-refractivity contribution is 7.89. The van der Waals surface area contributed by atoms with Crippen molar-refractivity contribution in [3.63, 3.8) is 0 Å². The summed E-state index contributed by atoms with van der Waals surface area (Å²) in [4.78, 5) is 0.00236. The maximum Gasteiger partial charge on any atom is 0.269 e. The first-order valence-electron chi connectivity index (χ1n) is 7.34. The number of hydrogen-bond acceptors (Lipinski definition) is 2. The summed E-state index contributed by atoms with van der Waals surface area (Å²) in [6, 6.07) is 6.44. The van der Waals surface area contributed by atoms with Gasteiger partial charge in [-0.1, -0.05) is 46.8 Å². The van der Waals surface area contributed by atoms with E-state index in [0.29, 0.717) is 12.3 Å². The van der Waals surface area contributed by atoms with Crippen molar-refractivity contribution in [1.29, 1.82) is 0 Å². The lowest BCUT2D eigenvalue weighted by Gasteiger charge is -2.19. The van der Waals surface area contributed by atoms with Crippen molar-refractivity contribution in [2.45, 2.75) is 57.8 Å². The van der Waals surface area contributed by atoms with Crippen LogP contribution in [-0.4, -0.2) is 19.5 Å². The lowest BCUT2D eigenvalue weighted by molar-refractivity contribution is 0.134.